The number of carboxylic acid groups (broad SMARTS) is 1. The summed E-state index contributed by atoms with van der Waals surface area (Å²) in [7, 11) is 0. The smallest absolute Gasteiger partial charge is 0.550 e. The molecular formula is C9H16KNO5. The fourth-order valence-electron chi connectivity index (χ4n) is 0.826. The molecule has 6 nitrogen and oxygen atoms in total. The zero-order valence-corrected chi connectivity index (χ0v) is 12.9. The maximum absolute atomic E-state index is 11.2. The van der Waals surface area contributed by atoms with Gasteiger partial charge in [-0.2, -0.15) is 0 Å². The summed E-state index contributed by atoms with van der Waals surface area (Å²) in [5.74, 6) is -1.97. The Balaban J connectivity index is 0. The van der Waals surface area contributed by atoms with E-state index in [4.69, 9.17) is 5.11 Å². The Morgan fingerprint density at radius 2 is 1.94 bits per heavy atom. The van der Waals surface area contributed by atoms with Crippen LogP contribution in [0.3, 0.4) is 0 Å². The van der Waals surface area contributed by atoms with E-state index in [-0.39, 0.29) is 71.0 Å². The number of amides is 1. The summed E-state index contributed by atoms with van der Waals surface area (Å²) >= 11 is 0. The van der Waals surface area contributed by atoms with Crippen LogP contribution in [0.15, 0.2) is 0 Å². The van der Waals surface area contributed by atoms with Gasteiger partial charge in [0.05, 0.1) is 6.61 Å². The molecule has 0 unspecified atom stereocenters. The number of carboxylic acids is 1. The van der Waals surface area contributed by atoms with E-state index in [1.54, 1.807) is 0 Å². The zero-order chi connectivity index (χ0) is 12.1. The van der Waals surface area contributed by atoms with Crippen LogP contribution in [0.1, 0.15) is 20.3 Å². The fraction of sp³-hybridized carbons (Fsp3) is 0.778. The number of nitrogens with one attached hydrogen (secondary N) is 1. The van der Waals surface area contributed by atoms with Crippen molar-refractivity contribution in [1.82, 2.24) is 5.32 Å². The number of carbonyl (C=O) groups is 2. The Hall–Kier alpha value is 0.496. The Kier molecular flexibility index (Phi) is 10.1. The number of rotatable bonds is 6. The molecule has 88 valence electrons. The number of aliphatic hydroxyl groups is 2. The van der Waals surface area contributed by atoms with E-state index in [9.17, 15) is 19.8 Å². The van der Waals surface area contributed by atoms with Crippen molar-refractivity contribution in [3.8, 4) is 0 Å². The van der Waals surface area contributed by atoms with Gasteiger partial charge in [0.15, 0.2) is 0 Å². The zero-order valence-electron chi connectivity index (χ0n) is 9.82. The molecular weight excluding hydrogens is 241 g/mol. The Morgan fingerprint density at radius 1 is 1.44 bits per heavy atom. The molecule has 0 rings (SSSR count). The third-order valence-corrected chi connectivity index (χ3v) is 2.02. The first-order valence-corrected chi connectivity index (χ1v) is 4.57. The molecule has 0 spiro atoms. The van der Waals surface area contributed by atoms with Gasteiger partial charge in [0.25, 0.3) is 0 Å². The van der Waals surface area contributed by atoms with Crippen LogP contribution in [-0.4, -0.2) is 41.3 Å². The van der Waals surface area contributed by atoms with Crippen molar-refractivity contribution in [2.24, 2.45) is 5.41 Å². The van der Waals surface area contributed by atoms with E-state index >= 15 is 0 Å². The molecule has 0 aliphatic carbocycles. The molecule has 7 heteroatoms. The van der Waals surface area contributed by atoms with Crippen LogP contribution < -0.4 is 61.8 Å². The van der Waals surface area contributed by atoms with Gasteiger partial charge in [0.1, 0.15) is 6.10 Å². The maximum Gasteiger partial charge on any atom is 1.00 e. The van der Waals surface area contributed by atoms with Crippen LogP contribution >= 0.6 is 0 Å². The molecule has 3 N–H and O–H groups in total. The third kappa shape index (κ3) is 6.95. The van der Waals surface area contributed by atoms with Crippen molar-refractivity contribution in [3.05, 3.63) is 0 Å². The fourth-order valence-corrected chi connectivity index (χ4v) is 0.826. The van der Waals surface area contributed by atoms with E-state index in [2.05, 4.69) is 5.32 Å². The topological polar surface area (TPSA) is 110 Å². The maximum atomic E-state index is 11.2. The average molecular weight is 257 g/mol. The van der Waals surface area contributed by atoms with Crippen molar-refractivity contribution in [2.45, 2.75) is 26.4 Å². The van der Waals surface area contributed by atoms with Gasteiger partial charge in [-0.1, -0.05) is 13.8 Å². The summed E-state index contributed by atoms with van der Waals surface area (Å²) in [4.78, 5) is 21.3. The summed E-state index contributed by atoms with van der Waals surface area (Å²) in [5.41, 5.74) is -0.953. The van der Waals surface area contributed by atoms with E-state index in [1.807, 2.05) is 0 Å². The van der Waals surface area contributed by atoms with Gasteiger partial charge < -0.3 is 25.4 Å². The molecule has 0 fully saturated rings. The Bertz CT molecular complexity index is 244. The Labute approximate surface area is 137 Å². The van der Waals surface area contributed by atoms with Crippen LogP contribution in [0.5, 0.6) is 0 Å². The molecule has 0 aromatic rings. The largest absolute Gasteiger partial charge is 1.00 e. The van der Waals surface area contributed by atoms with Gasteiger partial charge >= 0.3 is 51.4 Å². The van der Waals surface area contributed by atoms with E-state index in [0.717, 1.165) is 0 Å². The van der Waals surface area contributed by atoms with Gasteiger partial charge in [-0.3, -0.25) is 4.79 Å². The number of hydrogen-bond donors (Lipinski definition) is 3. The molecule has 0 aliphatic heterocycles. The van der Waals surface area contributed by atoms with Crippen molar-refractivity contribution in [2.75, 3.05) is 13.2 Å². The summed E-state index contributed by atoms with van der Waals surface area (Å²) < 4.78 is 0. The normalized spacial score (nSPS) is 12.5. The Morgan fingerprint density at radius 3 is 2.31 bits per heavy atom. The quantitative estimate of drug-likeness (QED) is 0.412. The van der Waals surface area contributed by atoms with Gasteiger partial charge in [-0.25, -0.2) is 0 Å². The van der Waals surface area contributed by atoms with Crippen LogP contribution in [0.25, 0.3) is 0 Å². The van der Waals surface area contributed by atoms with Crippen LogP contribution in [0.4, 0.5) is 0 Å². The molecule has 0 aliphatic rings. The predicted molar refractivity (Wildman–Crippen MR) is 49.5 cm³/mol. The molecule has 1 atom stereocenters. The van der Waals surface area contributed by atoms with Crippen molar-refractivity contribution in [1.29, 1.82) is 0 Å². The monoisotopic (exact) mass is 257 g/mol. The molecule has 0 aromatic carbocycles. The first-order valence-electron chi connectivity index (χ1n) is 4.57. The SMILES string of the molecule is CC(C)(CO)[C@@H](O)C(=O)NCCC(=O)[O-].[K+]. The van der Waals surface area contributed by atoms with Crippen LogP contribution in [0, 0.1) is 5.41 Å². The summed E-state index contributed by atoms with van der Waals surface area (Å²) in [6.45, 7) is 2.60. The average Bonchev–Trinajstić information content (AvgIpc) is 2.15. The first kappa shape index (κ1) is 18.9. The van der Waals surface area contributed by atoms with E-state index in [1.165, 1.54) is 13.8 Å². The second-order valence-corrected chi connectivity index (χ2v) is 3.96. The van der Waals surface area contributed by atoms with Crippen molar-refractivity contribution in [3.63, 3.8) is 0 Å². The van der Waals surface area contributed by atoms with Gasteiger partial charge in [-0.05, 0) is 0 Å². The van der Waals surface area contributed by atoms with Gasteiger partial charge in [-0.15, -0.1) is 0 Å². The first-order chi connectivity index (χ1) is 6.81. The second kappa shape index (κ2) is 8.57. The summed E-state index contributed by atoms with van der Waals surface area (Å²) in [5, 5.41) is 30.6. The van der Waals surface area contributed by atoms with Gasteiger partial charge in [0, 0.05) is 24.3 Å². The van der Waals surface area contributed by atoms with Crippen LogP contribution in [0.2, 0.25) is 0 Å². The van der Waals surface area contributed by atoms with Crippen LogP contribution in [-0.2, 0) is 9.59 Å². The molecule has 0 aromatic heterocycles. The number of carbonyl (C=O) groups excluding carboxylic acids is 2. The predicted octanol–water partition coefficient (Wildman–Crippen LogP) is -5.37. The standard InChI is InChI=1S/C9H17NO5.K/c1-9(2,5-11)7(14)8(15)10-4-3-6(12)13;/h7,11,14H,3-5H2,1-2H3,(H,10,15)(H,12,13);/q;+1/p-1/t7-;/m0./s1. The third-order valence-electron chi connectivity index (χ3n) is 2.02. The minimum atomic E-state index is -1.37. The summed E-state index contributed by atoms with van der Waals surface area (Å²) in [6.07, 6.45) is -1.68. The molecule has 0 bridgehead atoms. The van der Waals surface area contributed by atoms with E-state index < -0.39 is 23.4 Å². The molecule has 0 saturated carbocycles. The molecule has 0 radical (unpaired) electrons. The second-order valence-electron chi connectivity index (χ2n) is 3.96. The molecule has 0 saturated heterocycles. The number of aliphatic carboxylic acids is 1. The molecule has 16 heavy (non-hydrogen) atoms. The minimum absolute atomic E-state index is 0. The number of hydrogen-bond acceptors (Lipinski definition) is 5. The minimum Gasteiger partial charge on any atom is -0.550 e. The van der Waals surface area contributed by atoms with Gasteiger partial charge in [0.2, 0.25) is 5.91 Å². The van der Waals surface area contributed by atoms with Crippen molar-refractivity contribution < 1.29 is 76.3 Å². The molecule has 0 heterocycles. The van der Waals surface area contributed by atoms with E-state index in [0.29, 0.717) is 0 Å². The number of aliphatic hydroxyl groups excluding tert-OH is 2. The van der Waals surface area contributed by atoms with Crippen molar-refractivity contribution >= 4 is 11.9 Å². The summed E-state index contributed by atoms with van der Waals surface area (Å²) in [6, 6.07) is 0. The molecule has 1 amide bonds.